The van der Waals surface area contributed by atoms with Crippen LogP contribution in [0, 0.1) is 6.01 Å². The number of fused-ring (bicyclic) bond motifs is 1. The Morgan fingerprint density at radius 2 is 1.93 bits per heavy atom. The second kappa shape index (κ2) is 14.7. The van der Waals surface area contributed by atoms with Crippen LogP contribution in [0.1, 0.15) is 64.8 Å². The number of aromatic carboxylic acids is 1. The van der Waals surface area contributed by atoms with Gasteiger partial charge in [0.2, 0.25) is 5.76 Å². The van der Waals surface area contributed by atoms with Gasteiger partial charge in [-0.25, -0.2) is 4.79 Å². The lowest BCUT2D eigenvalue weighted by atomic mass is 10.0. The number of carbonyl (C=O) groups is 2. The van der Waals surface area contributed by atoms with Crippen molar-refractivity contribution in [2.24, 2.45) is 0 Å². The van der Waals surface area contributed by atoms with Gasteiger partial charge in [0.15, 0.2) is 11.2 Å². The molecule has 2 aromatic heterocycles. The zero-order chi connectivity index (χ0) is 31.8. The van der Waals surface area contributed by atoms with Crippen LogP contribution in [0.2, 0.25) is 0 Å². The lowest BCUT2D eigenvalue weighted by Gasteiger charge is -2.18. The van der Waals surface area contributed by atoms with E-state index in [0.717, 1.165) is 24.8 Å². The quantitative estimate of drug-likeness (QED) is 0.0590. The van der Waals surface area contributed by atoms with Gasteiger partial charge in [-0.05, 0) is 50.1 Å². The second-order valence-corrected chi connectivity index (χ2v) is 11.1. The van der Waals surface area contributed by atoms with E-state index < -0.39 is 34.5 Å². The number of phenols is 1. The number of Topliss-reactive ketones (excluding diaryl/α,β-unsaturated/α-hetero) is 1. The second-order valence-electron chi connectivity index (χ2n) is 9.84. The minimum absolute atomic E-state index is 0.0502. The number of aromatic hydroxyl groups is 1. The van der Waals surface area contributed by atoms with Gasteiger partial charge in [0, 0.05) is 28.2 Å². The number of aliphatic hydroxyl groups is 1. The van der Waals surface area contributed by atoms with E-state index in [9.17, 15) is 34.1 Å². The number of carboxylic acid groups (broad SMARTS) is 1. The highest BCUT2D eigenvalue weighted by Gasteiger charge is 2.23. The van der Waals surface area contributed by atoms with Crippen molar-refractivity contribution in [1.29, 1.82) is 0 Å². The Balaban J connectivity index is 1.46. The first kappa shape index (κ1) is 32.3. The van der Waals surface area contributed by atoms with Crippen molar-refractivity contribution in [3.63, 3.8) is 0 Å². The highest BCUT2D eigenvalue weighted by molar-refractivity contribution is 8.00. The zero-order valence-corrected chi connectivity index (χ0v) is 24.8. The summed E-state index contributed by atoms with van der Waals surface area (Å²) in [5.41, 5.74) is 0.672. The molecule has 0 saturated heterocycles. The summed E-state index contributed by atoms with van der Waals surface area (Å²) in [5.74, 6) is -1.61. The maximum absolute atomic E-state index is 13.5. The minimum atomic E-state index is -1.37. The van der Waals surface area contributed by atoms with Gasteiger partial charge in [-0.2, -0.15) is 4.39 Å². The number of allylic oxidation sites excluding steroid dienone is 2. The number of hydrogen-bond donors (Lipinski definition) is 3. The molecule has 0 aliphatic heterocycles. The van der Waals surface area contributed by atoms with E-state index in [1.807, 2.05) is 13.0 Å². The predicted octanol–water partition coefficient (Wildman–Crippen LogP) is 6.86. The molecule has 0 aliphatic carbocycles. The normalized spacial score (nSPS) is 13.1. The fraction of sp³-hybridized carbons (Fsp3) is 0.242. The number of halogens is 1. The van der Waals surface area contributed by atoms with Gasteiger partial charge >= 0.3 is 5.97 Å². The summed E-state index contributed by atoms with van der Waals surface area (Å²) in [6.45, 7) is 3.68. The summed E-state index contributed by atoms with van der Waals surface area (Å²) in [6.07, 6.45) is 8.85. The Bertz CT molecular complexity index is 1770. The highest BCUT2D eigenvalue weighted by atomic mass is 32.2. The molecular weight excluding hydrogens is 591 g/mol. The molecule has 0 spiro atoms. The van der Waals surface area contributed by atoms with Gasteiger partial charge in [-0.1, -0.05) is 37.6 Å². The maximum atomic E-state index is 13.5. The van der Waals surface area contributed by atoms with E-state index in [1.54, 1.807) is 36.4 Å². The van der Waals surface area contributed by atoms with Crippen molar-refractivity contribution in [2.45, 2.75) is 49.4 Å². The number of thioether (sulfide) groups is 1. The Labute approximate surface area is 256 Å². The lowest BCUT2D eigenvalue weighted by molar-refractivity contribution is 0.0662. The molecule has 11 heteroatoms. The van der Waals surface area contributed by atoms with Crippen LogP contribution >= 0.6 is 11.8 Å². The summed E-state index contributed by atoms with van der Waals surface area (Å²) in [6, 6.07) is 9.07. The van der Waals surface area contributed by atoms with Gasteiger partial charge < -0.3 is 28.9 Å². The van der Waals surface area contributed by atoms with Crippen LogP contribution in [0.15, 0.2) is 91.6 Å². The van der Waals surface area contributed by atoms with Gasteiger partial charge in [-0.3, -0.25) is 9.59 Å². The number of benzene rings is 2. The average molecular weight is 623 g/mol. The van der Waals surface area contributed by atoms with Crippen LogP contribution in [0.5, 0.6) is 11.5 Å². The van der Waals surface area contributed by atoms with Crippen LogP contribution < -0.4 is 10.2 Å². The van der Waals surface area contributed by atoms with Gasteiger partial charge in [-0.15, -0.1) is 11.8 Å². The molecule has 0 unspecified atom stereocenters. The number of carboxylic acids is 1. The van der Waals surface area contributed by atoms with Crippen LogP contribution in [0.3, 0.4) is 0 Å². The van der Waals surface area contributed by atoms with E-state index in [0.29, 0.717) is 35.7 Å². The van der Waals surface area contributed by atoms with Crippen LogP contribution in [-0.2, 0) is 6.42 Å². The largest absolute Gasteiger partial charge is 0.507 e. The standard InChI is InChI=1S/C33H31FO9S/c1-3-8-24-26(13-12-22(19(2)35)32(24)38)41-14-7-5-4-6-9-29(31(37)20-15-30(34)42-18-20)44-21-10-11-23-25(36)17-28(33(39)40)43-27(23)16-21/h4-6,9-13,15-18,29,31,37-38H,3,7-8,14H2,1-2H3,(H,39,40)/b5-4-,9-6+/t29-,31+/m0/s1. The van der Waals surface area contributed by atoms with Gasteiger partial charge in [0.25, 0.3) is 6.01 Å². The van der Waals surface area contributed by atoms with Crippen LogP contribution in [0.4, 0.5) is 4.39 Å². The molecule has 0 aliphatic rings. The smallest absolute Gasteiger partial charge is 0.371 e. The highest BCUT2D eigenvalue weighted by Crippen LogP contribution is 2.35. The number of carbonyl (C=O) groups excluding carboxylic acids is 1. The van der Waals surface area contributed by atoms with E-state index in [1.165, 1.54) is 30.8 Å². The third-order valence-electron chi connectivity index (χ3n) is 6.63. The summed E-state index contributed by atoms with van der Waals surface area (Å²) >= 11 is 1.20. The number of hydrogen-bond acceptors (Lipinski definition) is 9. The first-order valence-electron chi connectivity index (χ1n) is 13.8. The van der Waals surface area contributed by atoms with Crippen molar-refractivity contribution in [3.8, 4) is 11.5 Å². The molecule has 4 rings (SSSR count). The molecule has 230 valence electrons. The zero-order valence-electron chi connectivity index (χ0n) is 24.0. The Morgan fingerprint density at radius 1 is 1.14 bits per heavy atom. The molecule has 3 N–H and O–H groups in total. The SMILES string of the molecule is CCCc1c(OCC/C=C\C=C\[C@H](Sc2ccc3c(=O)cc(C(=O)O)oc3c2)[C@H](O)c2coc(F)c2)ccc(C(C)=O)c1O. The van der Waals surface area contributed by atoms with Gasteiger partial charge in [0.1, 0.15) is 17.1 Å². The lowest BCUT2D eigenvalue weighted by Crippen LogP contribution is -2.12. The molecule has 2 heterocycles. The molecule has 4 aromatic rings. The third kappa shape index (κ3) is 7.86. The molecule has 0 bridgehead atoms. The average Bonchev–Trinajstić information content (AvgIpc) is 3.42. The fourth-order valence-corrected chi connectivity index (χ4v) is 5.55. The van der Waals surface area contributed by atoms with E-state index in [4.69, 9.17) is 13.6 Å². The number of furan rings is 1. The number of rotatable bonds is 14. The Hall–Kier alpha value is -4.61. The predicted molar refractivity (Wildman–Crippen MR) is 163 cm³/mol. The van der Waals surface area contributed by atoms with Crippen molar-refractivity contribution in [3.05, 3.63) is 112 Å². The molecule has 44 heavy (non-hydrogen) atoms. The third-order valence-corrected chi connectivity index (χ3v) is 7.85. The van der Waals surface area contributed by atoms with Crippen LogP contribution in [0.25, 0.3) is 11.0 Å². The summed E-state index contributed by atoms with van der Waals surface area (Å²) in [4.78, 5) is 36.0. The molecule has 0 saturated carbocycles. The molecular formula is C33H31FO9S. The Kier molecular flexibility index (Phi) is 10.8. The monoisotopic (exact) mass is 622 g/mol. The van der Waals surface area contributed by atoms with Crippen molar-refractivity contribution >= 4 is 34.5 Å². The number of phenolic OH excluding ortho intramolecular Hbond substituents is 1. The first-order valence-corrected chi connectivity index (χ1v) is 14.7. The number of ether oxygens (including phenoxy) is 1. The fourth-order valence-electron chi connectivity index (χ4n) is 4.46. The van der Waals surface area contributed by atoms with E-state index in [2.05, 4.69) is 0 Å². The topological polar surface area (TPSA) is 147 Å². The first-order chi connectivity index (χ1) is 21.1. The number of ketones is 1. The summed E-state index contributed by atoms with van der Waals surface area (Å²) in [7, 11) is 0. The van der Waals surface area contributed by atoms with Gasteiger partial charge in [0.05, 0.1) is 35.2 Å². The van der Waals surface area contributed by atoms with E-state index in [-0.39, 0.29) is 33.6 Å². The molecule has 0 fully saturated rings. The number of aliphatic hydroxyl groups excluding tert-OH is 1. The van der Waals surface area contributed by atoms with Crippen molar-refractivity contribution in [2.75, 3.05) is 6.61 Å². The maximum Gasteiger partial charge on any atom is 0.371 e. The molecule has 2 atom stereocenters. The molecule has 2 aromatic carbocycles. The van der Waals surface area contributed by atoms with Crippen LogP contribution in [-0.4, -0.2) is 38.9 Å². The molecule has 9 nitrogen and oxygen atoms in total. The molecule has 0 amide bonds. The van der Waals surface area contributed by atoms with Crippen molar-refractivity contribution < 1.29 is 42.9 Å². The summed E-state index contributed by atoms with van der Waals surface area (Å²) in [5, 5.41) is 30.3. The summed E-state index contributed by atoms with van der Waals surface area (Å²) < 4.78 is 29.5. The van der Waals surface area contributed by atoms with E-state index >= 15 is 0 Å². The molecule has 0 radical (unpaired) electrons. The van der Waals surface area contributed by atoms with Crippen molar-refractivity contribution in [1.82, 2.24) is 0 Å². The Morgan fingerprint density at radius 3 is 2.61 bits per heavy atom. The minimum Gasteiger partial charge on any atom is -0.507 e.